The Kier molecular flexibility index (Phi) is 10.3. The van der Waals surface area contributed by atoms with Crippen molar-refractivity contribution in [1.82, 2.24) is 9.80 Å². The summed E-state index contributed by atoms with van der Waals surface area (Å²) in [5.74, 6) is 0.124. The van der Waals surface area contributed by atoms with Crippen LogP contribution in [0.15, 0.2) is 59.2 Å². The quantitative estimate of drug-likeness (QED) is 0.168. The number of rotatable bonds is 11. The van der Waals surface area contributed by atoms with E-state index < -0.39 is 19.9 Å². The van der Waals surface area contributed by atoms with Gasteiger partial charge in [0.05, 0.1) is 24.8 Å². The monoisotopic (exact) mass is 622 g/mol. The maximum absolute atomic E-state index is 13.8. The van der Waals surface area contributed by atoms with Crippen molar-refractivity contribution in [2.75, 3.05) is 33.3 Å². The molecule has 0 N–H and O–H groups in total. The Hall–Kier alpha value is -3.14. The maximum Gasteiger partial charge on any atom is 0.344 e. The summed E-state index contributed by atoms with van der Waals surface area (Å²) in [6.45, 7) is 19.1. The van der Waals surface area contributed by atoms with Crippen LogP contribution in [0.5, 0.6) is 5.75 Å². The fraction of sp³-hybridized carbons (Fsp3) is 0.543. The molecule has 0 bridgehead atoms. The van der Waals surface area contributed by atoms with Crippen molar-refractivity contribution in [3.8, 4) is 5.75 Å². The first-order chi connectivity index (χ1) is 20.5. The molecule has 0 spiro atoms. The van der Waals surface area contributed by atoms with Crippen LogP contribution in [0.3, 0.4) is 0 Å². The molecule has 0 saturated carbocycles. The van der Waals surface area contributed by atoms with Gasteiger partial charge in [0, 0.05) is 37.6 Å². The van der Waals surface area contributed by atoms with E-state index in [-0.39, 0.29) is 36.1 Å². The second-order valence-corrected chi connectivity index (χ2v) is 19.2. The van der Waals surface area contributed by atoms with Crippen molar-refractivity contribution >= 4 is 31.2 Å². The number of carbonyl (C=O) groups is 2. The Balaban J connectivity index is 1.53. The number of para-hydroxylation sites is 1. The van der Waals surface area contributed by atoms with Gasteiger partial charge in [-0.15, -0.1) is 0 Å². The zero-order chi connectivity index (χ0) is 32.3. The molecule has 0 unspecified atom stereocenters. The van der Waals surface area contributed by atoms with Gasteiger partial charge in [0.2, 0.25) is 5.91 Å². The van der Waals surface area contributed by atoms with Gasteiger partial charge in [0.1, 0.15) is 16.9 Å². The summed E-state index contributed by atoms with van der Waals surface area (Å²) in [6, 6.07) is 15.2. The van der Waals surface area contributed by atoms with Crippen LogP contribution >= 0.6 is 0 Å². The third-order valence-electron chi connectivity index (χ3n) is 8.71. The second kappa shape index (κ2) is 13.5. The lowest BCUT2D eigenvalue weighted by Crippen LogP contribution is -2.45. The van der Waals surface area contributed by atoms with E-state index >= 15 is 0 Å². The van der Waals surface area contributed by atoms with Gasteiger partial charge in [-0.25, -0.2) is 4.79 Å². The molecule has 1 aliphatic heterocycles. The summed E-state index contributed by atoms with van der Waals surface area (Å²) in [4.78, 5) is 30.3. The minimum absolute atomic E-state index is 0.00472. The molecule has 3 aromatic rings. The highest BCUT2D eigenvalue weighted by Crippen LogP contribution is 2.38. The van der Waals surface area contributed by atoms with Crippen LogP contribution in [-0.2, 0) is 25.2 Å². The van der Waals surface area contributed by atoms with Gasteiger partial charge < -0.3 is 23.2 Å². The molecule has 0 aliphatic carbocycles. The first kappa shape index (κ1) is 33.7. The molecule has 1 saturated heterocycles. The number of hydrogen-bond acceptors (Lipinski definition) is 7. The van der Waals surface area contributed by atoms with E-state index in [2.05, 4.69) is 38.8 Å². The Morgan fingerprint density at radius 3 is 2.50 bits per heavy atom. The van der Waals surface area contributed by atoms with Gasteiger partial charge in [0.25, 0.3) is 0 Å². The number of benzene rings is 2. The van der Waals surface area contributed by atoms with E-state index in [1.165, 1.54) is 0 Å². The van der Waals surface area contributed by atoms with Gasteiger partial charge in [-0.2, -0.15) is 0 Å². The van der Waals surface area contributed by atoms with E-state index in [1.54, 1.807) is 6.26 Å². The molecule has 240 valence electrons. The Morgan fingerprint density at radius 1 is 1.07 bits per heavy atom. The molecule has 2 atom stereocenters. The molecule has 1 aliphatic rings. The normalized spacial score (nSPS) is 17.1. The van der Waals surface area contributed by atoms with Crippen molar-refractivity contribution in [3.63, 3.8) is 0 Å². The lowest BCUT2D eigenvalue weighted by Gasteiger charge is -2.38. The van der Waals surface area contributed by atoms with Gasteiger partial charge in [-0.1, -0.05) is 51.1 Å². The van der Waals surface area contributed by atoms with Crippen LogP contribution in [-0.4, -0.2) is 75.0 Å². The lowest BCUT2D eigenvalue weighted by molar-refractivity contribution is -0.157. The predicted molar refractivity (Wildman–Crippen MR) is 176 cm³/mol. The summed E-state index contributed by atoms with van der Waals surface area (Å²) in [6.07, 6.45) is 3.06. The average molecular weight is 623 g/mol. The van der Waals surface area contributed by atoms with Gasteiger partial charge in [0.15, 0.2) is 14.9 Å². The third kappa shape index (κ3) is 8.73. The molecule has 1 amide bonds. The molecule has 44 heavy (non-hydrogen) atoms. The SMILES string of the molecule is CN(C(=O)Cc1coc2ccccc12)[C@H](CN1CC[C@H](O[Si](C)(C)C(C)(C)C)C1)c1cccc(OCC(=O)OC(C)(C)C)c1. The maximum atomic E-state index is 13.8. The standard InChI is InChI=1S/C35H50N2O6Si/c1-34(2,3)42-33(39)24-40-27-14-12-13-25(19-27)30(22-37-18-17-28(21-37)43-44(8,9)35(4,5)6)36(7)32(38)20-26-23-41-31-16-11-10-15-29(26)31/h10-16,19,23,28,30H,17-18,20-22,24H2,1-9H3/t28-,30+/m0/s1. The van der Waals surface area contributed by atoms with Crippen LogP contribution in [0.4, 0.5) is 0 Å². The molecule has 8 nitrogen and oxygen atoms in total. The number of esters is 1. The number of nitrogens with zero attached hydrogens (tertiary/aromatic N) is 2. The number of likely N-dealkylation sites (N-methyl/N-ethyl adjacent to an activating group) is 1. The van der Waals surface area contributed by atoms with Gasteiger partial charge >= 0.3 is 5.97 Å². The summed E-state index contributed by atoms with van der Waals surface area (Å²) in [7, 11) is -0.0335. The zero-order valence-corrected chi connectivity index (χ0v) is 28.9. The minimum Gasteiger partial charge on any atom is -0.482 e. The van der Waals surface area contributed by atoms with Crippen molar-refractivity contribution < 1.29 is 27.9 Å². The molecule has 1 aromatic heterocycles. The van der Waals surface area contributed by atoms with E-state index in [4.69, 9.17) is 18.3 Å². The van der Waals surface area contributed by atoms with Crippen molar-refractivity contribution in [1.29, 1.82) is 0 Å². The summed E-state index contributed by atoms with van der Waals surface area (Å²) < 4.78 is 23.7. The van der Waals surface area contributed by atoms with Crippen molar-refractivity contribution in [2.45, 2.75) is 90.3 Å². The number of likely N-dealkylation sites (tertiary alicyclic amines) is 1. The summed E-state index contributed by atoms with van der Waals surface area (Å²) in [5, 5.41) is 1.10. The fourth-order valence-corrected chi connectivity index (χ4v) is 6.68. The second-order valence-electron chi connectivity index (χ2n) is 14.5. The van der Waals surface area contributed by atoms with Crippen molar-refractivity contribution in [2.24, 2.45) is 0 Å². The minimum atomic E-state index is -1.90. The Bertz CT molecular complexity index is 1440. The summed E-state index contributed by atoms with van der Waals surface area (Å²) in [5.41, 5.74) is 2.00. The first-order valence-corrected chi connectivity index (χ1v) is 18.5. The number of furan rings is 1. The average Bonchev–Trinajstić information content (AvgIpc) is 3.55. The van der Waals surface area contributed by atoms with Crippen LogP contribution in [0.2, 0.25) is 18.1 Å². The topological polar surface area (TPSA) is 81.5 Å². The summed E-state index contributed by atoms with van der Waals surface area (Å²) >= 11 is 0. The van der Waals surface area contributed by atoms with Crippen LogP contribution in [0.1, 0.15) is 65.1 Å². The highest BCUT2D eigenvalue weighted by Gasteiger charge is 2.41. The molecule has 2 heterocycles. The smallest absolute Gasteiger partial charge is 0.344 e. The first-order valence-electron chi connectivity index (χ1n) is 15.6. The molecule has 1 fully saturated rings. The van der Waals surface area contributed by atoms with E-state index in [1.807, 2.05) is 81.2 Å². The van der Waals surface area contributed by atoms with Gasteiger partial charge in [-0.05, 0) is 69.1 Å². The molecular weight excluding hydrogens is 572 g/mol. The number of ether oxygens (including phenoxy) is 2. The molecule has 9 heteroatoms. The zero-order valence-electron chi connectivity index (χ0n) is 27.9. The van der Waals surface area contributed by atoms with Crippen LogP contribution in [0.25, 0.3) is 11.0 Å². The fourth-order valence-electron chi connectivity index (χ4n) is 5.30. The molecule has 0 radical (unpaired) electrons. The van der Waals surface area contributed by atoms with E-state index in [0.717, 1.165) is 41.6 Å². The third-order valence-corrected chi connectivity index (χ3v) is 13.2. The van der Waals surface area contributed by atoms with Gasteiger partial charge in [-0.3, -0.25) is 9.69 Å². The molecule has 2 aromatic carbocycles. The van der Waals surface area contributed by atoms with Crippen LogP contribution in [0, 0.1) is 0 Å². The highest BCUT2D eigenvalue weighted by molar-refractivity contribution is 6.74. The number of fused-ring (bicyclic) bond motifs is 1. The highest BCUT2D eigenvalue weighted by atomic mass is 28.4. The molecular formula is C35H50N2O6Si. The number of amides is 1. The predicted octanol–water partition coefficient (Wildman–Crippen LogP) is 6.99. The Morgan fingerprint density at radius 2 is 1.80 bits per heavy atom. The lowest BCUT2D eigenvalue weighted by atomic mass is 10.0. The van der Waals surface area contributed by atoms with E-state index in [9.17, 15) is 9.59 Å². The van der Waals surface area contributed by atoms with E-state index in [0.29, 0.717) is 12.3 Å². The largest absolute Gasteiger partial charge is 0.482 e. The Labute approximate surface area is 263 Å². The number of hydrogen-bond donors (Lipinski definition) is 0. The van der Waals surface area contributed by atoms with Crippen molar-refractivity contribution in [3.05, 3.63) is 65.9 Å². The number of carbonyl (C=O) groups excluding carboxylic acids is 2. The van der Waals surface area contributed by atoms with Crippen LogP contribution < -0.4 is 4.74 Å². The molecule has 4 rings (SSSR count).